The van der Waals surface area contributed by atoms with Crippen molar-refractivity contribution in [3.05, 3.63) is 21.5 Å². The molecular weight excluding hydrogens is 323 g/mol. The molecule has 1 rings (SSSR count). The van der Waals surface area contributed by atoms with Gasteiger partial charge in [-0.15, -0.1) is 0 Å². The van der Waals surface area contributed by atoms with E-state index in [0.717, 1.165) is 38.5 Å². The van der Waals surface area contributed by atoms with Crippen molar-refractivity contribution in [1.82, 2.24) is 10.6 Å². The maximum absolute atomic E-state index is 12.3. The van der Waals surface area contributed by atoms with Crippen molar-refractivity contribution in [2.75, 3.05) is 13.1 Å². The number of carbonyl (C=O) groups excluding carboxylic acids is 2. The number of nitrogens with one attached hydrogen (secondary N) is 2. The van der Waals surface area contributed by atoms with Crippen molar-refractivity contribution in [2.24, 2.45) is 0 Å². The van der Waals surface area contributed by atoms with Gasteiger partial charge >= 0.3 is 0 Å². The van der Waals surface area contributed by atoms with Crippen LogP contribution in [0.25, 0.3) is 0 Å². The lowest BCUT2D eigenvalue weighted by Crippen LogP contribution is -2.34. The summed E-state index contributed by atoms with van der Waals surface area (Å²) in [6.45, 7) is 5.39. The molecule has 0 unspecified atom stereocenters. The Bertz CT molecular complexity index is 441. The molecule has 1 aliphatic rings. The Kier molecular flexibility index (Phi) is 8.57. The van der Waals surface area contributed by atoms with Gasteiger partial charge in [-0.1, -0.05) is 62.7 Å². The van der Waals surface area contributed by atoms with Crippen LogP contribution in [0.2, 0.25) is 0 Å². The van der Waals surface area contributed by atoms with Gasteiger partial charge in [0.05, 0.1) is 0 Å². The first-order valence-corrected chi connectivity index (χ1v) is 8.66. The van der Waals surface area contributed by atoms with Gasteiger partial charge < -0.3 is 10.6 Å². The third-order valence-electron chi connectivity index (χ3n) is 3.46. The predicted octanol–water partition coefficient (Wildman–Crippen LogP) is 3.60. The minimum atomic E-state index is -0.416. The Hall–Kier alpha value is -1.00. The van der Waals surface area contributed by atoms with Gasteiger partial charge in [-0.25, -0.2) is 0 Å². The van der Waals surface area contributed by atoms with Gasteiger partial charge in [0.15, 0.2) is 0 Å². The van der Waals surface area contributed by atoms with Crippen LogP contribution in [0.1, 0.15) is 52.4 Å². The Morgan fingerprint density at radius 1 is 0.727 bits per heavy atom. The number of ketones is 2. The molecule has 0 bridgehead atoms. The van der Waals surface area contributed by atoms with Crippen LogP contribution in [0, 0.1) is 0 Å². The topological polar surface area (TPSA) is 58.2 Å². The molecule has 2 N–H and O–H groups in total. The minimum Gasteiger partial charge on any atom is -0.381 e. The molecule has 0 aromatic carbocycles. The SMILES string of the molecule is CCCCCNC1=C(Cl)C(=O)C(NCCCCC)=C(Cl)C1=O. The number of hydrogen-bond acceptors (Lipinski definition) is 4. The molecule has 0 heterocycles. The number of carbonyl (C=O) groups is 2. The van der Waals surface area contributed by atoms with Gasteiger partial charge in [-0.05, 0) is 12.8 Å². The lowest BCUT2D eigenvalue weighted by molar-refractivity contribution is -0.116. The first-order valence-electron chi connectivity index (χ1n) is 7.91. The molecule has 1 aliphatic carbocycles. The van der Waals surface area contributed by atoms with Gasteiger partial charge in [-0.3, -0.25) is 9.59 Å². The van der Waals surface area contributed by atoms with E-state index >= 15 is 0 Å². The van der Waals surface area contributed by atoms with E-state index in [1.54, 1.807) is 0 Å². The zero-order valence-corrected chi connectivity index (χ0v) is 14.7. The zero-order valence-electron chi connectivity index (χ0n) is 13.2. The second-order valence-corrected chi connectivity index (χ2v) is 6.06. The molecule has 0 radical (unpaired) electrons. The average molecular weight is 347 g/mol. The van der Waals surface area contributed by atoms with Crippen molar-refractivity contribution in [2.45, 2.75) is 52.4 Å². The predicted molar refractivity (Wildman–Crippen MR) is 90.8 cm³/mol. The highest BCUT2D eigenvalue weighted by Gasteiger charge is 2.33. The summed E-state index contributed by atoms with van der Waals surface area (Å²) in [6.07, 6.45) is 6.08. The Morgan fingerprint density at radius 2 is 1.09 bits per heavy atom. The second kappa shape index (κ2) is 9.90. The zero-order chi connectivity index (χ0) is 16.5. The molecule has 0 aromatic heterocycles. The van der Waals surface area contributed by atoms with Gasteiger partial charge in [0.25, 0.3) is 0 Å². The van der Waals surface area contributed by atoms with Crippen LogP contribution < -0.4 is 10.6 Å². The van der Waals surface area contributed by atoms with Crippen LogP contribution in [0.4, 0.5) is 0 Å². The maximum atomic E-state index is 12.3. The highest BCUT2D eigenvalue weighted by atomic mass is 35.5. The van der Waals surface area contributed by atoms with Crippen molar-refractivity contribution in [1.29, 1.82) is 0 Å². The van der Waals surface area contributed by atoms with Gasteiger partial charge in [0.2, 0.25) is 11.6 Å². The molecule has 0 saturated heterocycles. The van der Waals surface area contributed by atoms with Crippen LogP contribution in [0.3, 0.4) is 0 Å². The number of allylic oxidation sites excluding steroid dienone is 2. The molecular formula is C16H24Cl2N2O2. The molecule has 0 atom stereocenters. The van der Waals surface area contributed by atoms with E-state index in [4.69, 9.17) is 23.2 Å². The summed E-state index contributed by atoms with van der Waals surface area (Å²) in [5, 5.41) is 5.73. The molecule has 0 fully saturated rings. The summed E-state index contributed by atoms with van der Waals surface area (Å²) >= 11 is 12.1. The fourth-order valence-corrected chi connectivity index (χ4v) is 2.63. The summed E-state index contributed by atoms with van der Waals surface area (Å²) < 4.78 is 0. The smallest absolute Gasteiger partial charge is 0.224 e. The standard InChI is InChI=1S/C16H24Cl2N2O2/c1-3-5-7-9-19-13-11(17)16(22)14(12(18)15(13)21)20-10-8-6-4-2/h19-20H,3-10H2,1-2H3. The third kappa shape index (κ3) is 5.03. The summed E-state index contributed by atoms with van der Waals surface area (Å²) in [7, 11) is 0. The Balaban J connectivity index is 2.71. The van der Waals surface area contributed by atoms with E-state index in [2.05, 4.69) is 24.5 Å². The van der Waals surface area contributed by atoms with Crippen LogP contribution in [-0.2, 0) is 9.59 Å². The van der Waals surface area contributed by atoms with Gasteiger partial charge in [0, 0.05) is 13.1 Å². The average Bonchev–Trinajstić information content (AvgIpc) is 2.51. The van der Waals surface area contributed by atoms with Gasteiger partial charge in [0.1, 0.15) is 21.5 Å². The van der Waals surface area contributed by atoms with Crippen molar-refractivity contribution in [3.63, 3.8) is 0 Å². The van der Waals surface area contributed by atoms with Crippen LogP contribution in [0.5, 0.6) is 0 Å². The fourth-order valence-electron chi connectivity index (χ4n) is 2.14. The monoisotopic (exact) mass is 346 g/mol. The Labute approximate surface area is 142 Å². The van der Waals surface area contributed by atoms with Gasteiger partial charge in [-0.2, -0.15) is 0 Å². The van der Waals surface area contributed by atoms with Crippen molar-refractivity contribution < 1.29 is 9.59 Å². The number of hydrogen-bond donors (Lipinski definition) is 2. The molecule has 0 aromatic rings. The molecule has 0 aliphatic heterocycles. The molecule has 0 amide bonds. The van der Waals surface area contributed by atoms with E-state index in [1.165, 1.54) is 0 Å². The summed E-state index contributed by atoms with van der Waals surface area (Å²) in [4.78, 5) is 24.5. The molecule has 4 nitrogen and oxygen atoms in total. The van der Waals surface area contributed by atoms with Crippen molar-refractivity contribution in [3.8, 4) is 0 Å². The van der Waals surface area contributed by atoms with Crippen LogP contribution >= 0.6 is 23.2 Å². The largest absolute Gasteiger partial charge is 0.381 e. The number of unbranched alkanes of at least 4 members (excludes halogenated alkanes) is 4. The molecule has 124 valence electrons. The van der Waals surface area contributed by atoms with Crippen molar-refractivity contribution >= 4 is 34.8 Å². The van der Waals surface area contributed by atoms with E-state index in [0.29, 0.717) is 13.1 Å². The van der Waals surface area contributed by atoms with E-state index in [9.17, 15) is 9.59 Å². The third-order valence-corrected chi connectivity index (χ3v) is 4.18. The normalized spacial score (nSPS) is 15.6. The molecule has 22 heavy (non-hydrogen) atoms. The first kappa shape index (κ1) is 19.0. The quantitative estimate of drug-likeness (QED) is 0.468. The number of halogens is 2. The van der Waals surface area contributed by atoms with E-state index in [1.807, 2.05) is 0 Å². The lowest BCUT2D eigenvalue weighted by atomic mass is 10.0. The Morgan fingerprint density at radius 3 is 1.41 bits per heavy atom. The lowest BCUT2D eigenvalue weighted by Gasteiger charge is -2.20. The second-order valence-electron chi connectivity index (χ2n) is 5.30. The highest BCUT2D eigenvalue weighted by Crippen LogP contribution is 2.27. The minimum absolute atomic E-state index is 0.0797. The highest BCUT2D eigenvalue weighted by molar-refractivity contribution is 6.55. The molecule has 0 spiro atoms. The fraction of sp³-hybridized carbons (Fsp3) is 0.625. The number of rotatable bonds is 10. The first-order chi connectivity index (χ1) is 10.5. The van der Waals surface area contributed by atoms with Crippen LogP contribution in [0.15, 0.2) is 21.5 Å². The number of Topliss-reactive ketones (excluding diaryl/α,β-unsaturated/α-hetero) is 2. The van der Waals surface area contributed by atoms with Crippen LogP contribution in [-0.4, -0.2) is 24.7 Å². The van der Waals surface area contributed by atoms with E-state index < -0.39 is 11.6 Å². The summed E-state index contributed by atoms with van der Waals surface area (Å²) in [5.41, 5.74) is 0.235. The molecule has 6 heteroatoms. The maximum Gasteiger partial charge on any atom is 0.224 e. The summed E-state index contributed by atoms with van der Waals surface area (Å²) in [5.74, 6) is -0.832. The van der Waals surface area contributed by atoms with E-state index in [-0.39, 0.29) is 21.5 Å². The summed E-state index contributed by atoms with van der Waals surface area (Å²) in [6, 6.07) is 0. The molecule has 0 saturated carbocycles.